The first-order chi connectivity index (χ1) is 7.97. The van der Waals surface area contributed by atoms with Crippen molar-refractivity contribution >= 4 is 11.6 Å². The molecule has 0 fully saturated rings. The molecule has 1 amide bonds. The number of hydrogen-bond acceptors (Lipinski definition) is 2. The molecule has 2 atom stereocenters. The Morgan fingerprint density at radius 1 is 1.29 bits per heavy atom. The highest BCUT2D eigenvalue weighted by atomic mass is 16.2. The Hall–Kier alpha value is -1.35. The van der Waals surface area contributed by atoms with Gasteiger partial charge in [0.25, 0.3) is 0 Å². The highest BCUT2D eigenvalue weighted by Crippen LogP contribution is 2.22. The van der Waals surface area contributed by atoms with E-state index in [-0.39, 0.29) is 5.91 Å². The number of hydrogen-bond donors (Lipinski definition) is 1. The summed E-state index contributed by atoms with van der Waals surface area (Å²) in [5, 5.41) is 0. The van der Waals surface area contributed by atoms with Crippen LogP contribution in [0.2, 0.25) is 0 Å². The van der Waals surface area contributed by atoms with Crippen LogP contribution in [0.25, 0.3) is 0 Å². The summed E-state index contributed by atoms with van der Waals surface area (Å²) in [5.41, 5.74) is 7.77. The van der Waals surface area contributed by atoms with Gasteiger partial charge in [0.1, 0.15) is 0 Å². The lowest BCUT2D eigenvalue weighted by Gasteiger charge is -2.20. The molecule has 0 spiro atoms. The molecular weight excluding hydrogens is 212 g/mol. The number of carbonyl (C=O) groups is 1. The lowest BCUT2D eigenvalue weighted by Crippen LogP contribution is -2.39. The van der Waals surface area contributed by atoms with Crippen LogP contribution in [0.15, 0.2) is 24.3 Å². The lowest BCUT2D eigenvalue weighted by molar-refractivity contribution is -0.119. The Bertz CT molecular complexity index is 370. The molecule has 1 aromatic carbocycles. The summed E-state index contributed by atoms with van der Waals surface area (Å²) in [6, 6.07) is 7.64. The summed E-state index contributed by atoms with van der Waals surface area (Å²) in [4.78, 5) is 13.3. The molecule has 3 nitrogen and oxygen atoms in total. The SMILES string of the molecule is CCC(C)c1ccc(N(C)C(=O)C(C)N)cc1. The fourth-order valence-corrected chi connectivity index (χ4v) is 1.69. The summed E-state index contributed by atoms with van der Waals surface area (Å²) in [6.07, 6.45) is 1.12. The van der Waals surface area contributed by atoms with Gasteiger partial charge in [-0.15, -0.1) is 0 Å². The number of rotatable bonds is 4. The molecule has 0 aliphatic rings. The first kappa shape index (κ1) is 13.7. The quantitative estimate of drug-likeness (QED) is 0.870. The minimum atomic E-state index is -0.464. The number of benzene rings is 1. The van der Waals surface area contributed by atoms with Gasteiger partial charge in [-0.2, -0.15) is 0 Å². The Morgan fingerprint density at radius 2 is 1.82 bits per heavy atom. The summed E-state index contributed by atoms with van der Waals surface area (Å²) < 4.78 is 0. The van der Waals surface area contributed by atoms with Crippen molar-refractivity contribution in [1.82, 2.24) is 0 Å². The van der Waals surface area contributed by atoms with Crippen molar-refractivity contribution in [1.29, 1.82) is 0 Å². The maximum atomic E-state index is 11.7. The first-order valence-corrected chi connectivity index (χ1v) is 6.10. The molecule has 0 heterocycles. The van der Waals surface area contributed by atoms with E-state index >= 15 is 0 Å². The van der Waals surface area contributed by atoms with Crippen LogP contribution in [-0.4, -0.2) is 19.0 Å². The van der Waals surface area contributed by atoms with Crippen molar-refractivity contribution < 1.29 is 4.79 Å². The number of nitrogens with two attached hydrogens (primary N) is 1. The number of anilines is 1. The molecule has 0 aliphatic heterocycles. The molecule has 2 unspecified atom stereocenters. The van der Waals surface area contributed by atoms with Gasteiger partial charge in [-0.25, -0.2) is 0 Å². The first-order valence-electron chi connectivity index (χ1n) is 6.10. The van der Waals surface area contributed by atoms with Crippen LogP contribution >= 0.6 is 0 Å². The molecule has 0 aliphatic carbocycles. The highest BCUT2D eigenvalue weighted by Gasteiger charge is 2.15. The minimum absolute atomic E-state index is 0.0683. The van der Waals surface area contributed by atoms with Gasteiger partial charge in [-0.05, 0) is 37.0 Å². The topological polar surface area (TPSA) is 46.3 Å². The smallest absolute Gasteiger partial charge is 0.243 e. The van der Waals surface area contributed by atoms with Crippen LogP contribution in [0.5, 0.6) is 0 Å². The number of amides is 1. The summed E-state index contributed by atoms with van der Waals surface area (Å²) in [7, 11) is 1.75. The predicted molar refractivity (Wildman–Crippen MR) is 72.2 cm³/mol. The monoisotopic (exact) mass is 234 g/mol. The van der Waals surface area contributed by atoms with E-state index in [1.54, 1.807) is 18.9 Å². The molecule has 2 N–H and O–H groups in total. The van der Waals surface area contributed by atoms with Crippen LogP contribution in [-0.2, 0) is 4.79 Å². The molecule has 0 saturated carbocycles. The zero-order valence-electron chi connectivity index (χ0n) is 11.1. The van der Waals surface area contributed by atoms with Gasteiger partial charge in [-0.1, -0.05) is 26.0 Å². The van der Waals surface area contributed by atoms with Gasteiger partial charge in [0.2, 0.25) is 5.91 Å². The van der Waals surface area contributed by atoms with E-state index in [1.807, 2.05) is 12.1 Å². The highest BCUT2D eigenvalue weighted by molar-refractivity contribution is 5.96. The molecule has 0 saturated heterocycles. The van der Waals surface area contributed by atoms with E-state index in [9.17, 15) is 4.79 Å². The maximum absolute atomic E-state index is 11.7. The van der Waals surface area contributed by atoms with Crippen LogP contribution in [0.1, 0.15) is 38.7 Å². The zero-order valence-corrected chi connectivity index (χ0v) is 11.1. The van der Waals surface area contributed by atoms with E-state index in [2.05, 4.69) is 26.0 Å². The van der Waals surface area contributed by atoms with Crippen LogP contribution in [0, 0.1) is 0 Å². The van der Waals surface area contributed by atoms with Crippen LogP contribution in [0.3, 0.4) is 0 Å². The van der Waals surface area contributed by atoms with E-state index in [4.69, 9.17) is 5.73 Å². The zero-order chi connectivity index (χ0) is 13.0. The fourth-order valence-electron chi connectivity index (χ4n) is 1.69. The third-order valence-electron chi connectivity index (χ3n) is 3.18. The molecule has 1 aromatic rings. The molecule has 0 aromatic heterocycles. The second kappa shape index (κ2) is 5.82. The largest absolute Gasteiger partial charge is 0.320 e. The van der Waals surface area contributed by atoms with E-state index in [0.29, 0.717) is 5.92 Å². The molecule has 3 heteroatoms. The second-order valence-corrected chi connectivity index (χ2v) is 4.59. The van der Waals surface area contributed by atoms with Gasteiger partial charge in [0.15, 0.2) is 0 Å². The van der Waals surface area contributed by atoms with Crippen LogP contribution < -0.4 is 10.6 Å². The summed E-state index contributed by atoms with van der Waals surface area (Å²) in [6.45, 7) is 6.07. The number of likely N-dealkylation sites (N-methyl/N-ethyl adjacent to an activating group) is 1. The fraction of sp³-hybridized carbons (Fsp3) is 0.500. The molecule has 94 valence electrons. The van der Waals surface area contributed by atoms with Crippen molar-refractivity contribution in [3.05, 3.63) is 29.8 Å². The predicted octanol–water partition coefficient (Wildman–Crippen LogP) is 2.51. The van der Waals surface area contributed by atoms with Gasteiger partial charge in [0, 0.05) is 12.7 Å². The molecule has 0 bridgehead atoms. The van der Waals surface area contributed by atoms with Crippen molar-refractivity contribution in [3.8, 4) is 0 Å². The third kappa shape index (κ3) is 3.30. The standard InChI is InChI=1S/C14H22N2O/c1-5-10(2)12-6-8-13(9-7-12)16(4)14(17)11(3)15/h6-11H,5,15H2,1-4H3. The molecule has 0 radical (unpaired) electrons. The molecule has 1 rings (SSSR count). The average molecular weight is 234 g/mol. The Kier molecular flexibility index (Phi) is 4.70. The van der Waals surface area contributed by atoms with E-state index < -0.39 is 6.04 Å². The Balaban J connectivity index is 2.84. The summed E-state index contributed by atoms with van der Waals surface area (Å²) in [5.74, 6) is 0.486. The average Bonchev–Trinajstić information content (AvgIpc) is 2.36. The Morgan fingerprint density at radius 3 is 2.24 bits per heavy atom. The van der Waals surface area contributed by atoms with E-state index in [1.165, 1.54) is 5.56 Å². The van der Waals surface area contributed by atoms with Crippen LogP contribution in [0.4, 0.5) is 5.69 Å². The number of nitrogens with zero attached hydrogens (tertiary/aromatic N) is 1. The van der Waals surface area contributed by atoms with Crippen molar-refractivity contribution in [2.75, 3.05) is 11.9 Å². The minimum Gasteiger partial charge on any atom is -0.320 e. The Labute approximate surface area is 104 Å². The number of carbonyl (C=O) groups excluding carboxylic acids is 1. The van der Waals surface area contributed by atoms with Gasteiger partial charge >= 0.3 is 0 Å². The second-order valence-electron chi connectivity index (χ2n) is 4.59. The molecule has 17 heavy (non-hydrogen) atoms. The van der Waals surface area contributed by atoms with Crippen molar-refractivity contribution in [3.63, 3.8) is 0 Å². The van der Waals surface area contributed by atoms with Gasteiger partial charge in [0.05, 0.1) is 6.04 Å². The third-order valence-corrected chi connectivity index (χ3v) is 3.18. The summed E-state index contributed by atoms with van der Waals surface area (Å²) >= 11 is 0. The lowest BCUT2D eigenvalue weighted by atomic mass is 9.98. The molecular formula is C14H22N2O. The van der Waals surface area contributed by atoms with Gasteiger partial charge in [-0.3, -0.25) is 4.79 Å². The van der Waals surface area contributed by atoms with Gasteiger partial charge < -0.3 is 10.6 Å². The normalized spacial score (nSPS) is 14.2. The van der Waals surface area contributed by atoms with Crippen molar-refractivity contribution in [2.45, 2.75) is 39.2 Å². The maximum Gasteiger partial charge on any atom is 0.243 e. The van der Waals surface area contributed by atoms with E-state index in [0.717, 1.165) is 12.1 Å². The van der Waals surface area contributed by atoms with Crippen molar-refractivity contribution in [2.24, 2.45) is 5.73 Å².